The van der Waals surface area contributed by atoms with E-state index >= 15 is 0 Å². The van der Waals surface area contributed by atoms with Gasteiger partial charge < -0.3 is 46.5 Å². The molecule has 0 bridgehead atoms. The first-order valence-corrected chi connectivity index (χ1v) is 18.6. The van der Waals surface area contributed by atoms with E-state index in [1.54, 1.807) is 76.2 Å². The first kappa shape index (κ1) is 37.2. The first-order valence-electron chi connectivity index (χ1n) is 15.1. The molecule has 0 saturated carbocycles. The molecule has 46 heavy (non-hydrogen) atoms. The van der Waals surface area contributed by atoms with Gasteiger partial charge in [0.2, 0.25) is 0 Å². The summed E-state index contributed by atoms with van der Waals surface area (Å²) in [5, 5.41) is 0. The molecule has 0 aromatic heterocycles. The summed E-state index contributed by atoms with van der Waals surface area (Å²) in [5.74, 6) is 2.84. The van der Waals surface area contributed by atoms with Crippen LogP contribution in [0.3, 0.4) is 0 Å². The van der Waals surface area contributed by atoms with Crippen LogP contribution in [0.4, 0.5) is 0 Å². The van der Waals surface area contributed by atoms with Crippen LogP contribution < -0.4 is 28.4 Å². The molecule has 0 fully saturated rings. The third-order valence-corrected chi connectivity index (χ3v) is 9.30. The second-order valence-corrected chi connectivity index (χ2v) is 13.2. The van der Waals surface area contributed by atoms with Crippen LogP contribution in [0.15, 0.2) is 72.8 Å². The van der Waals surface area contributed by atoms with E-state index in [4.69, 9.17) is 46.5 Å². The van der Waals surface area contributed by atoms with Crippen molar-refractivity contribution in [2.24, 2.45) is 0 Å². The second-order valence-electron chi connectivity index (χ2n) is 9.17. The monoisotopic (exact) mass is 682 g/mol. The van der Waals surface area contributed by atoms with E-state index in [1.807, 2.05) is 24.3 Å². The Kier molecular flexibility index (Phi) is 16.3. The van der Waals surface area contributed by atoms with E-state index in [-0.39, 0.29) is 65.6 Å². The van der Waals surface area contributed by atoms with E-state index in [1.165, 1.54) is 0 Å². The minimum absolute atomic E-state index is 0.211. The summed E-state index contributed by atoms with van der Waals surface area (Å²) >= 11 is 0. The van der Waals surface area contributed by atoms with Crippen LogP contribution in [0.1, 0.15) is 27.7 Å². The molecule has 0 unspecified atom stereocenters. The van der Waals surface area contributed by atoms with E-state index < -0.39 is 15.2 Å². The fourth-order valence-electron chi connectivity index (χ4n) is 3.98. The smallest absolute Gasteiger partial charge is 0.367 e. The minimum Gasteiger partial charge on any atom is -0.486 e. The lowest BCUT2D eigenvalue weighted by Gasteiger charge is -2.19. The van der Waals surface area contributed by atoms with Crippen LogP contribution in [0.2, 0.25) is 0 Å². The number of benzene rings is 3. The van der Waals surface area contributed by atoms with Crippen molar-refractivity contribution in [1.82, 2.24) is 0 Å². The number of hydrogen-bond acceptors (Lipinski definition) is 12. The normalized spacial score (nSPS) is 11.6. The van der Waals surface area contributed by atoms with Gasteiger partial charge in [0.1, 0.15) is 26.4 Å². The molecule has 0 radical (unpaired) electrons. The van der Waals surface area contributed by atoms with Crippen molar-refractivity contribution in [2.45, 2.75) is 27.7 Å². The van der Waals surface area contributed by atoms with Gasteiger partial charge in [0, 0.05) is 0 Å². The number of para-hydroxylation sites is 6. The molecule has 3 rings (SSSR count). The first-order chi connectivity index (χ1) is 22.3. The number of hydrogen-bond donors (Lipinski definition) is 0. The van der Waals surface area contributed by atoms with Crippen molar-refractivity contribution in [3.8, 4) is 34.5 Å². The number of rotatable bonds is 24. The average Bonchev–Trinajstić information content (AvgIpc) is 3.05. The zero-order chi connectivity index (χ0) is 33.1. The summed E-state index contributed by atoms with van der Waals surface area (Å²) in [6.07, 6.45) is -0.467. The third kappa shape index (κ3) is 12.5. The standard InChI is InChI=1S/C32H44O12P2/c1-5-41-45(33,42-6-2)25-39-31-19-13-11-17-29(31)37-23-21-35-27-15-9-10-16-28(27)36-22-24-38-30-18-12-14-20-32(30)40-26-46(34,43-7-3)44-8-4/h9-20H,5-8,21-26H2,1-4H3. The third-order valence-electron chi connectivity index (χ3n) is 5.80. The molecule has 0 N–H and O–H groups in total. The molecule has 0 aliphatic carbocycles. The van der Waals surface area contributed by atoms with Crippen molar-refractivity contribution in [2.75, 3.05) is 65.6 Å². The average molecular weight is 683 g/mol. The van der Waals surface area contributed by atoms with E-state index in [0.29, 0.717) is 34.5 Å². The highest BCUT2D eigenvalue weighted by molar-refractivity contribution is 7.53. The fourth-order valence-corrected chi connectivity index (χ4v) is 6.60. The van der Waals surface area contributed by atoms with Crippen LogP contribution in [0, 0.1) is 0 Å². The van der Waals surface area contributed by atoms with Crippen LogP contribution in [0.25, 0.3) is 0 Å². The lowest BCUT2D eigenvalue weighted by Crippen LogP contribution is -2.13. The maximum absolute atomic E-state index is 12.8. The maximum atomic E-state index is 12.8. The van der Waals surface area contributed by atoms with Gasteiger partial charge in [-0.05, 0) is 64.1 Å². The van der Waals surface area contributed by atoms with Crippen LogP contribution in [-0.2, 0) is 27.2 Å². The van der Waals surface area contributed by atoms with Gasteiger partial charge in [-0.25, -0.2) is 0 Å². The van der Waals surface area contributed by atoms with Gasteiger partial charge in [-0.2, -0.15) is 0 Å². The van der Waals surface area contributed by atoms with Crippen LogP contribution in [0.5, 0.6) is 34.5 Å². The largest absolute Gasteiger partial charge is 0.486 e. The summed E-state index contributed by atoms with van der Waals surface area (Å²) in [6, 6.07) is 21.4. The molecule has 3 aromatic carbocycles. The van der Waals surface area contributed by atoms with Gasteiger partial charge in [-0.3, -0.25) is 9.13 Å². The Hall–Kier alpha value is -3.24. The Morgan fingerprint density at radius 1 is 0.391 bits per heavy atom. The minimum atomic E-state index is -3.38. The molecular weight excluding hydrogens is 638 g/mol. The summed E-state index contributed by atoms with van der Waals surface area (Å²) in [4.78, 5) is 0. The predicted octanol–water partition coefficient (Wildman–Crippen LogP) is 7.81. The molecule has 0 spiro atoms. The van der Waals surface area contributed by atoms with E-state index in [9.17, 15) is 9.13 Å². The molecule has 0 heterocycles. The Balaban J connectivity index is 1.47. The van der Waals surface area contributed by atoms with Gasteiger partial charge in [0.15, 0.2) is 47.2 Å². The van der Waals surface area contributed by atoms with Crippen LogP contribution in [-0.4, -0.2) is 65.6 Å². The van der Waals surface area contributed by atoms with Gasteiger partial charge in [-0.15, -0.1) is 0 Å². The predicted molar refractivity (Wildman–Crippen MR) is 174 cm³/mol. The summed E-state index contributed by atoms with van der Waals surface area (Å²) in [5.41, 5.74) is 0. The van der Waals surface area contributed by atoms with Gasteiger partial charge in [0.25, 0.3) is 0 Å². The Morgan fingerprint density at radius 3 is 0.826 bits per heavy atom. The van der Waals surface area contributed by atoms with Gasteiger partial charge >= 0.3 is 15.2 Å². The zero-order valence-electron chi connectivity index (χ0n) is 26.8. The second kappa shape index (κ2) is 20.1. The molecule has 12 nitrogen and oxygen atoms in total. The summed E-state index contributed by atoms with van der Waals surface area (Å²) in [6.45, 7) is 8.81. The molecule has 0 saturated heterocycles. The Labute approximate surface area is 271 Å². The SMILES string of the molecule is CCOP(=O)(COc1ccccc1OCCOc1ccccc1OCCOc1ccccc1OCP(=O)(OCC)OCC)OCC. The maximum Gasteiger partial charge on any atom is 0.367 e. The molecular formula is C32H44O12P2. The highest BCUT2D eigenvalue weighted by Crippen LogP contribution is 2.49. The van der Waals surface area contributed by atoms with Crippen LogP contribution >= 0.6 is 15.2 Å². The molecule has 0 aliphatic heterocycles. The summed E-state index contributed by atoms with van der Waals surface area (Å²) in [7, 11) is -6.76. The van der Waals surface area contributed by atoms with E-state index in [2.05, 4.69) is 0 Å². The van der Waals surface area contributed by atoms with Crippen molar-refractivity contribution in [3.63, 3.8) is 0 Å². The lowest BCUT2D eigenvalue weighted by molar-refractivity contribution is 0.180. The lowest BCUT2D eigenvalue weighted by atomic mass is 10.3. The molecule has 3 aromatic rings. The van der Waals surface area contributed by atoms with Gasteiger partial charge in [0.05, 0.1) is 26.4 Å². The fraction of sp³-hybridized carbons (Fsp3) is 0.438. The topological polar surface area (TPSA) is 126 Å². The van der Waals surface area contributed by atoms with Gasteiger partial charge in [-0.1, -0.05) is 36.4 Å². The van der Waals surface area contributed by atoms with Crippen molar-refractivity contribution < 1.29 is 55.6 Å². The Bertz CT molecular complexity index is 1280. The molecule has 254 valence electrons. The van der Waals surface area contributed by atoms with E-state index in [0.717, 1.165) is 0 Å². The Morgan fingerprint density at radius 2 is 0.609 bits per heavy atom. The van der Waals surface area contributed by atoms with Crippen molar-refractivity contribution >= 4 is 15.2 Å². The molecule has 0 amide bonds. The molecule has 0 aliphatic rings. The quantitative estimate of drug-likeness (QED) is 0.0676. The molecule has 14 heteroatoms. The van der Waals surface area contributed by atoms with Crippen molar-refractivity contribution in [3.05, 3.63) is 72.8 Å². The summed E-state index contributed by atoms with van der Waals surface area (Å²) < 4.78 is 81.8. The molecule has 0 atom stereocenters. The number of ether oxygens (including phenoxy) is 6. The highest BCUT2D eigenvalue weighted by atomic mass is 31.2. The highest BCUT2D eigenvalue weighted by Gasteiger charge is 2.26. The zero-order valence-corrected chi connectivity index (χ0v) is 28.6. The van der Waals surface area contributed by atoms with Crippen molar-refractivity contribution in [1.29, 1.82) is 0 Å².